The van der Waals surface area contributed by atoms with Crippen LogP contribution in [0.1, 0.15) is 271 Å². The summed E-state index contributed by atoms with van der Waals surface area (Å²) < 4.78 is 34.4. The van der Waals surface area contributed by atoms with Gasteiger partial charge in [0.1, 0.15) is 42.7 Å². The molecule has 0 spiro atoms. The highest BCUT2D eigenvalue weighted by Crippen LogP contribution is 2.47. The van der Waals surface area contributed by atoms with Crippen molar-refractivity contribution in [3.05, 3.63) is 0 Å². The number of hydrogen-bond donors (Lipinski definition) is 6. The lowest BCUT2D eigenvalue weighted by Gasteiger charge is -2.41. The largest absolute Gasteiger partial charge is 0.472 e. The second-order valence-corrected chi connectivity index (χ2v) is 21.2. The predicted octanol–water partition coefficient (Wildman–Crippen LogP) is 12.9. The second kappa shape index (κ2) is 44.3. The van der Waals surface area contributed by atoms with Gasteiger partial charge in [-0.1, -0.05) is 251 Å². The van der Waals surface area contributed by atoms with E-state index in [1.54, 1.807) is 0 Å². The SMILES string of the molecule is CCCCCCCCCCCCCCCCCCCCCCCC(=O)OC(COCCCCCCCCCCCCCCCCCCCC)COP(=O)(O)OC1C(O)C(O)C(O)C(O)C1O. The summed E-state index contributed by atoms with van der Waals surface area (Å²) in [5.74, 6) is -0.467. The zero-order valence-corrected chi connectivity index (χ0v) is 43.4. The molecule has 0 amide bonds. The normalized spacial score (nSPS) is 21.3. The predicted molar refractivity (Wildman–Crippen MR) is 267 cm³/mol. The fourth-order valence-corrected chi connectivity index (χ4v) is 10.0. The van der Waals surface area contributed by atoms with E-state index in [1.807, 2.05) is 0 Å². The first-order chi connectivity index (χ1) is 32.0. The van der Waals surface area contributed by atoms with E-state index in [4.69, 9.17) is 18.5 Å². The van der Waals surface area contributed by atoms with Gasteiger partial charge in [0.05, 0.1) is 13.2 Å². The fourth-order valence-electron chi connectivity index (χ4n) is 9.07. The Bertz CT molecular complexity index is 1100. The quantitative estimate of drug-likeness (QED) is 0.0192. The number of ether oxygens (including phenoxy) is 2. The number of aliphatic hydroxyl groups is 5. The summed E-state index contributed by atoms with van der Waals surface area (Å²) in [4.78, 5) is 23.3. The Labute approximate surface area is 404 Å². The Kier molecular flexibility index (Phi) is 42.5. The summed E-state index contributed by atoms with van der Waals surface area (Å²) in [5, 5.41) is 50.4. The summed E-state index contributed by atoms with van der Waals surface area (Å²) in [6.07, 6.45) is 37.4. The molecule has 0 heterocycles. The minimum atomic E-state index is -5.02. The molecule has 12 nitrogen and oxygen atoms in total. The van der Waals surface area contributed by atoms with Crippen LogP contribution < -0.4 is 0 Å². The lowest BCUT2D eigenvalue weighted by Crippen LogP contribution is -2.64. The van der Waals surface area contributed by atoms with E-state index in [1.165, 1.54) is 205 Å². The number of unbranched alkanes of at least 4 members (excludes halogenated alkanes) is 37. The van der Waals surface area contributed by atoms with Crippen molar-refractivity contribution in [1.29, 1.82) is 0 Å². The lowest BCUT2D eigenvalue weighted by molar-refractivity contribution is -0.220. The van der Waals surface area contributed by atoms with Crippen LogP contribution in [0.4, 0.5) is 0 Å². The van der Waals surface area contributed by atoms with Gasteiger partial charge in [0.25, 0.3) is 0 Å². The molecule has 6 atom stereocenters. The third kappa shape index (κ3) is 35.4. The van der Waals surface area contributed by atoms with E-state index < -0.39 is 63.1 Å². The van der Waals surface area contributed by atoms with Crippen molar-refractivity contribution in [3.63, 3.8) is 0 Å². The first-order valence-corrected chi connectivity index (χ1v) is 29.4. The van der Waals surface area contributed by atoms with E-state index in [2.05, 4.69) is 13.8 Å². The van der Waals surface area contributed by atoms with Crippen molar-refractivity contribution >= 4 is 13.8 Å². The molecule has 0 radical (unpaired) electrons. The molecule has 0 bridgehead atoms. The molecular weight excluding hydrogens is 860 g/mol. The van der Waals surface area contributed by atoms with Crippen LogP contribution in [0, 0.1) is 0 Å². The van der Waals surface area contributed by atoms with Gasteiger partial charge in [-0.3, -0.25) is 13.8 Å². The summed E-state index contributed by atoms with van der Waals surface area (Å²) in [5.41, 5.74) is 0. The molecule has 0 aromatic rings. The van der Waals surface area contributed by atoms with E-state index in [-0.39, 0.29) is 13.0 Å². The molecule has 0 aliphatic heterocycles. The van der Waals surface area contributed by atoms with Gasteiger partial charge in [-0.2, -0.15) is 0 Å². The zero-order valence-electron chi connectivity index (χ0n) is 42.5. The van der Waals surface area contributed by atoms with Crippen LogP contribution in [-0.4, -0.2) is 98.9 Å². The van der Waals surface area contributed by atoms with Gasteiger partial charge in [-0.05, 0) is 12.8 Å². The highest BCUT2D eigenvalue weighted by atomic mass is 31.2. The smallest absolute Gasteiger partial charge is 0.457 e. The van der Waals surface area contributed by atoms with Crippen LogP contribution >= 0.6 is 7.82 Å². The number of aliphatic hydroxyl groups excluding tert-OH is 5. The number of rotatable bonds is 49. The van der Waals surface area contributed by atoms with E-state index in [0.717, 1.165) is 38.5 Å². The van der Waals surface area contributed by atoms with Crippen LogP contribution in [0.2, 0.25) is 0 Å². The van der Waals surface area contributed by atoms with Crippen molar-refractivity contribution in [2.24, 2.45) is 0 Å². The Morgan fingerprint density at radius 3 is 1.05 bits per heavy atom. The van der Waals surface area contributed by atoms with E-state index in [9.17, 15) is 39.8 Å². The first-order valence-electron chi connectivity index (χ1n) is 27.9. The minimum absolute atomic E-state index is 0.0672. The molecule has 1 saturated carbocycles. The molecule has 0 aromatic heterocycles. The average Bonchev–Trinajstić information content (AvgIpc) is 3.30. The molecule has 6 unspecified atom stereocenters. The standard InChI is InChI=1S/C53H105O12P/c1-3-5-7-9-11-13-15-17-19-21-23-24-25-26-28-30-32-34-36-38-40-42-47(54)64-46(45-63-66(60,61)65-53-51(58)49(56)48(55)50(57)52(53)59)44-62-43-41-39-37-35-33-31-29-27-22-20-18-16-14-12-10-8-6-4-2/h46,48-53,55-59H,3-45H2,1-2H3,(H,60,61). The van der Waals surface area contributed by atoms with Gasteiger partial charge < -0.3 is 39.9 Å². The van der Waals surface area contributed by atoms with Crippen molar-refractivity contribution in [3.8, 4) is 0 Å². The molecule has 66 heavy (non-hydrogen) atoms. The van der Waals surface area contributed by atoms with Crippen LogP contribution in [0.15, 0.2) is 0 Å². The Balaban J connectivity index is 2.28. The highest BCUT2D eigenvalue weighted by molar-refractivity contribution is 7.47. The topological polar surface area (TPSA) is 192 Å². The maximum absolute atomic E-state index is 12.9. The Morgan fingerprint density at radius 2 is 0.712 bits per heavy atom. The van der Waals surface area contributed by atoms with Crippen LogP contribution in [0.3, 0.4) is 0 Å². The third-order valence-electron chi connectivity index (χ3n) is 13.5. The second-order valence-electron chi connectivity index (χ2n) is 19.8. The number of carbonyl (C=O) groups excluding carboxylic acids is 1. The molecule has 1 aliphatic carbocycles. The van der Waals surface area contributed by atoms with Gasteiger partial charge >= 0.3 is 13.8 Å². The van der Waals surface area contributed by atoms with Gasteiger partial charge in [0, 0.05) is 13.0 Å². The third-order valence-corrected chi connectivity index (χ3v) is 14.5. The van der Waals surface area contributed by atoms with Crippen LogP contribution in [0.25, 0.3) is 0 Å². The minimum Gasteiger partial charge on any atom is -0.457 e. The van der Waals surface area contributed by atoms with Crippen LogP contribution in [0.5, 0.6) is 0 Å². The Hall–Kier alpha value is -0.660. The number of esters is 1. The lowest BCUT2D eigenvalue weighted by atomic mass is 9.85. The summed E-state index contributed by atoms with van der Waals surface area (Å²) in [7, 11) is -5.02. The number of phosphoric ester groups is 1. The van der Waals surface area contributed by atoms with Gasteiger partial charge in [0.15, 0.2) is 0 Å². The molecule has 6 N–H and O–H groups in total. The summed E-state index contributed by atoms with van der Waals surface area (Å²) >= 11 is 0. The molecule has 0 saturated heterocycles. The average molecular weight is 965 g/mol. The molecule has 394 valence electrons. The molecule has 0 aromatic carbocycles. The van der Waals surface area contributed by atoms with Crippen molar-refractivity contribution in [2.75, 3.05) is 19.8 Å². The number of carbonyl (C=O) groups is 1. The number of hydrogen-bond acceptors (Lipinski definition) is 11. The van der Waals surface area contributed by atoms with Crippen molar-refractivity contribution in [2.45, 2.75) is 313 Å². The monoisotopic (exact) mass is 965 g/mol. The Morgan fingerprint density at radius 1 is 0.424 bits per heavy atom. The van der Waals surface area contributed by atoms with Gasteiger partial charge in [-0.25, -0.2) is 4.57 Å². The van der Waals surface area contributed by atoms with E-state index >= 15 is 0 Å². The maximum atomic E-state index is 12.9. The van der Waals surface area contributed by atoms with Crippen molar-refractivity contribution in [1.82, 2.24) is 0 Å². The van der Waals surface area contributed by atoms with Crippen molar-refractivity contribution < 1.29 is 58.3 Å². The molecule has 1 aliphatic rings. The number of phosphoric acid groups is 1. The summed E-state index contributed by atoms with van der Waals surface area (Å²) in [6.45, 7) is 4.34. The molecule has 13 heteroatoms. The zero-order chi connectivity index (χ0) is 48.4. The highest BCUT2D eigenvalue weighted by Gasteiger charge is 2.51. The summed E-state index contributed by atoms with van der Waals surface area (Å²) in [6, 6.07) is 0. The van der Waals surface area contributed by atoms with Gasteiger partial charge in [0.2, 0.25) is 0 Å². The van der Waals surface area contributed by atoms with Gasteiger partial charge in [-0.15, -0.1) is 0 Å². The first kappa shape index (κ1) is 63.4. The molecular formula is C53H105O12P. The maximum Gasteiger partial charge on any atom is 0.472 e. The van der Waals surface area contributed by atoms with Crippen LogP contribution in [-0.2, 0) is 27.9 Å². The van der Waals surface area contributed by atoms with E-state index in [0.29, 0.717) is 13.0 Å². The fraction of sp³-hybridized carbons (Fsp3) is 0.981. The molecule has 1 fully saturated rings. The molecule has 1 rings (SSSR count).